The van der Waals surface area contributed by atoms with Gasteiger partial charge in [-0.2, -0.15) is 0 Å². The molecule has 4 nitrogen and oxygen atoms in total. The molecule has 19 heavy (non-hydrogen) atoms. The van der Waals surface area contributed by atoms with Gasteiger partial charge in [-0.25, -0.2) is 9.97 Å². The van der Waals surface area contributed by atoms with Crippen LogP contribution in [0.2, 0.25) is 0 Å². The standard InChI is InChI=1S/C14H24IN3O/c1-7-16-13-11(15)12(14(3,4)5)17-10(18-13)8-9(2)19-6/h9H,7-8H2,1-6H3,(H,16,17,18). The summed E-state index contributed by atoms with van der Waals surface area (Å²) in [6.07, 6.45) is 0.858. The maximum atomic E-state index is 5.31. The van der Waals surface area contributed by atoms with Crippen molar-refractivity contribution in [3.63, 3.8) is 0 Å². The summed E-state index contributed by atoms with van der Waals surface area (Å²) in [7, 11) is 1.72. The minimum absolute atomic E-state index is 0.00863. The van der Waals surface area contributed by atoms with Crippen LogP contribution in [0.3, 0.4) is 0 Å². The number of aromatic nitrogens is 2. The lowest BCUT2D eigenvalue weighted by Crippen LogP contribution is -2.21. The van der Waals surface area contributed by atoms with E-state index in [2.05, 4.69) is 60.6 Å². The Labute approximate surface area is 129 Å². The van der Waals surface area contributed by atoms with Crippen LogP contribution < -0.4 is 5.32 Å². The first-order valence-electron chi connectivity index (χ1n) is 6.63. The SMILES string of the molecule is CCNc1nc(CC(C)OC)nc(C(C)(C)C)c1I. The first-order valence-corrected chi connectivity index (χ1v) is 7.71. The second kappa shape index (κ2) is 6.83. The van der Waals surface area contributed by atoms with Gasteiger partial charge in [0.15, 0.2) is 0 Å². The van der Waals surface area contributed by atoms with Gasteiger partial charge in [0.2, 0.25) is 0 Å². The zero-order valence-electron chi connectivity index (χ0n) is 12.7. The molecule has 0 amide bonds. The fourth-order valence-corrected chi connectivity index (χ4v) is 2.95. The number of nitrogens with one attached hydrogen (secondary N) is 1. The van der Waals surface area contributed by atoms with Gasteiger partial charge in [0.1, 0.15) is 11.6 Å². The van der Waals surface area contributed by atoms with E-state index >= 15 is 0 Å². The van der Waals surface area contributed by atoms with Crippen LogP contribution in [0, 0.1) is 3.57 Å². The molecule has 0 radical (unpaired) electrons. The largest absolute Gasteiger partial charge is 0.381 e. The van der Waals surface area contributed by atoms with Crippen molar-refractivity contribution in [2.75, 3.05) is 19.0 Å². The zero-order valence-corrected chi connectivity index (χ0v) is 14.8. The number of rotatable bonds is 5. The number of methoxy groups -OCH3 is 1. The van der Waals surface area contributed by atoms with Gasteiger partial charge in [-0.3, -0.25) is 0 Å². The highest BCUT2D eigenvalue weighted by molar-refractivity contribution is 14.1. The highest BCUT2D eigenvalue weighted by Gasteiger charge is 2.23. The molecular weight excluding hydrogens is 353 g/mol. The maximum Gasteiger partial charge on any atom is 0.143 e. The maximum absolute atomic E-state index is 5.31. The molecular formula is C14H24IN3O. The summed E-state index contributed by atoms with van der Waals surface area (Å²) in [5.74, 6) is 1.77. The Kier molecular flexibility index (Phi) is 5.98. The van der Waals surface area contributed by atoms with Crippen molar-refractivity contribution in [3.8, 4) is 0 Å². The summed E-state index contributed by atoms with van der Waals surface area (Å²) in [4.78, 5) is 9.35. The smallest absolute Gasteiger partial charge is 0.143 e. The third-order valence-corrected chi connectivity index (χ3v) is 3.85. The van der Waals surface area contributed by atoms with Crippen LogP contribution in [0.1, 0.15) is 46.1 Å². The van der Waals surface area contributed by atoms with Crippen LogP contribution in [-0.2, 0) is 16.6 Å². The Morgan fingerprint density at radius 3 is 2.42 bits per heavy atom. The molecule has 0 aliphatic carbocycles. The van der Waals surface area contributed by atoms with Crippen LogP contribution >= 0.6 is 22.6 Å². The fourth-order valence-electron chi connectivity index (χ4n) is 1.71. The topological polar surface area (TPSA) is 47.0 Å². The zero-order chi connectivity index (χ0) is 14.6. The predicted octanol–water partition coefficient (Wildman–Crippen LogP) is 3.39. The first-order chi connectivity index (χ1) is 8.79. The number of ether oxygens (including phenoxy) is 1. The second-order valence-corrected chi connectivity index (χ2v) is 6.76. The minimum atomic E-state index is 0.00863. The van der Waals surface area contributed by atoms with Gasteiger partial charge in [0.05, 0.1) is 15.4 Å². The highest BCUT2D eigenvalue weighted by Crippen LogP contribution is 2.29. The van der Waals surface area contributed by atoms with Crippen molar-refractivity contribution >= 4 is 28.4 Å². The number of hydrogen-bond acceptors (Lipinski definition) is 4. The molecule has 0 fully saturated rings. The van der Waals surface area contributed by atoms with Gasteiger partial charge < -0.3 is 10.1 Å². The Hall–Kier alpha value is -0.430. The molecule has 5 heteroatoms. The van der Waals surface area contributed by atoms with E-state index < -0.39 is 0 Å². The van der Waals surface area contributed by atoms with Gasteiger partial charge >= 0.3 is 0 Å². The lowest BCUT2D eigenvalue weighted by Gasteiger charge is -2.22. The summed E-state index contributed by atoms with van der Waals surface area (Å²) in [6.45, 7) is 11.5. The van der Waals surface area contributed by atoms with Crippen molar-refractivity contribution in [2.24, 2.45) is 0 Å². The van der Waals surface area contributed by atoms with Gasteiger partial charge in [-0.1, -0.05) is 20.8 Å². The molecule has 0 aliphatic heterocycles. The second-order valence-electron chi connectivity index (χ2n) is 5.68. The summed E-state index contributed by atoms with van der Waals surface area (Å²) >= 11 is 2.33. The molecule has 0 aliphatic rings. The number of anilines is 1. The average molecular weight is 377 g/mol. The predicted molar refractivity (Wildman–Crippen MR) is 87.8 cm³/mol. The molecule has 1 aromatic rings. The summed E-state index contributed by atoms with van der Waals surface area (Å²) in [5.41, 5.74) is 1.10. The van der Waals surface area contributed by atoms with Crippen LogP contribution in [0.15, 0.2) is 0 Å². The molecule has 1 N–H and O–H groups in total. The van der Waals surface area contributed by atoms with Crippen molar-refractivity contribution in [2.45, 2.75) is 52.6 Å². The van der Waals surface area contributed by atoms with E-state index in [0.717, 1.165) is 33.9 Å². The Morgan fingerprint density at radius 2 is 1.95 bits per heavy atom. The van der Waals surface area contributed by atoms with Gasteiger partial charge in [-0.15, -0.1) is 0 Å². The van der Waals surface area contributed by atoms with E-state index in [1.807, 2.05) is 6.92 Å². The molecule has 1 aromatic heterocycles. The molecule has 0 saturated carbocycles. The van der Waals surface area contributed by atoms with Crippen molar-refractivity contribution in [1.29, 1.82) is 0 Å². The summed E-state index contributed by atoms with van der Waals surface area (Å²) in [5, 5.41) is 3.32. The molecule has 0 bridgehead atoms. The van der Waals surface area contributed by atoms with Crippen LogP contribution in [0.5, 0.6) is 0 Å². The molecule has 1 rings (SSSR count). The Bertz CT molecular complexity index is 429. The van der Waals surface area contributed by atoms with Crippen molar-refractivity contribution in [3.05, 3.63) is 15.1 Å². The third kappa shape index (κ3) is 4.56. The molecule has 0 aromatic carbocycles. The Balaban J connectivity index is 3.23. The number of halogens is 1. The van der Waals surface area contributed by atoms with E-state index in [-0.39, 0.29) is 11.5 Å². The van der Waals surface area contributed by atoms with E-state index in [9.17, 15) is 0 Å². The Morgan fingerprint density at radius 1 is 1.32 bits per heavy atom. The van der Waals surface area contributed by atoms with Crippen LogP contribution in [0.4, 0.5) is 5.82 Å². The van der Waals surface area contributed by atoms with Crippen molar-refractivity contribution in [1.82, 2.24) is 9.97 Å². The van der Waals surface area contributed by atoms with Crippen LogP contribution in [0.25, 0.3) is 0 Å². The van der Waals surface area contributed by atoms with E-state index in [4.69, 9.17) is 9.72 Å². The molecule has 0 saturated heterocycles. The van der Waals surface area contributed by atoms with Crippen LogP contribution in [-0.4, -0.2) is 29.7 Å². The van der Waals surface area contributed by atoms with Gasteiger partial charge in [-0.05, 0) is 36.4 Å². The quantitative estimate of drug-likeness (QED) is 0.800. The molecule has 1 unspecified atom stereocenters. The fraction of sp³-hybridized carbons (Fsp3) is 0.714. The minimum Gasteiger partial charge on any atom is -0.381 e. The highest BCUT2D eigenvalue weighted by atomic mass is 127. The normalized spacial score (nSPS) is 13.4. The first kappa shape index (κ1) is 16.6. The van der Waals surface area contributed by atoms with Crippen molar-refractivity contribution < 1.29 is 4.74 Å². The van der Waals surface area contributed by atoms with Gasteiger partial charge in [0, 0.05) is 25.5 Å². The average Bonchev–Trinajstić information content (AvgIpc) is 2.31. The molecule has 1 heterocycles. The van der Waals surface area contributed by atoms with E-state index in [1.54, 1.807) is 7.11 Å². The monoisotopic (exact) mass is 377 g/mol. The van der Waals surface area contributed by atoms with E-state index in [0.29, 0.717) is 0 Å². The lowest BCUT2D eigenvalue weighted by atomic mass is 9.92. The lowest BCUT2D eigenvalue weighted by molar-refractivity contribution is 0.117. The summed E-state index contributed by atoms with van der Waals surface area (Å²) < 4.78 is 6.42. The third-order valence-electron chi connectivity index (χ3n) is 2.82. The number of nitrogens with zero attached hydrogens (tertiary/aromatic N) is 2. The van der Waals surface area contributed by atoms with E-state index in [1.165, 1.54) is 0 Å². The summed E-state index contributed by atoms with van der Waals surface area (Å²) in [6, 6.07) is 0. The number of hydrogen-bond donors (Lipinski definition) is 1. The molecule has 0 spiro atoms. The molecule has 108 valence electrons. The molecule has 1 atom stereocenters. The van der Waals surface area contributed by atoms with Gasteiger partial charge in [0.25, 0.3) is 0 Å².